The summed E-state index contributed by atoms with van der Waals surface area (Å²) < 4.78 is 5.42. The molecular formula is C13H14N2O3. The maximum Gasteiger partial charge on any atom is 0.227 e. The summed E-state index contributed by atoms with van der Waals surface area (Å²) in [5.74, 6) is 0.0619. The number of anilines is 1. The van der Waals surface area contributed by atoms with Gasteiger partial charge in [-0.15, -0.1) is 0 Å². The Morgan fingerprint density at radius 3 is 3.00 bits per heavy atom. The monoisotopic (exact) mass is 246 g/mol. The van der Waals surface area contributed by atoms with Gasteiger partial charge in [-0.3, -0.25) is 9.59 Å². The van der Waals surface area contributed by atoms with Crippen molar-refractivity contribution in [3.05, 3.63) is 23.8 Å². The minimum absolute atomic E-state index is 0.0438. The highest BCUT2D eigenvalue weighted by Gasteiger charge is 2.34. The van der Waals surface area contributed by atoms with Crippen LogP contribution in [0.1, 0.15) is 12.0 Å². The fraction of sp³-hybridized carbons (Fsp3) is 0.385. The van der Waals surface area contributed by atoms with Gasteiger partial charge in [0.05, 0.1) is 12.5 Å². The van der Waals surface area contributed by atoms with Crippen LogP contribution >= 0.6 is 0 Å². The molecule has 0 bridgehead atoms. The molecule has 2 amide bonds. The van der Waals surface area contributed by atoms with Crippen LogP contribution in [0, 0.1) is 5.92 Å². The molecule has 2 aliphatic heterocycles. The average molecular weight is 246 g/mol. The first-order valence-electron chi connectivity index (χ1n) is 6.00. The summed E-state index contributed by atoms with van der Waals surface area (Å²) in [7, 11) is 0. The van der Waals surface area contributed by atoms with Crippen molar-refractivity contribution in [3.8, 4) is 5.75 Å². The number of rotatable bonds is 2. The molecule has 0 saturated carbocycles. The number of fused-ring (bicyclic) bond motifs is 1. The molecule has 3 rings (SSSR count). The van der Waals surface area contributed by atoms with Crippen molar-refractivity contribution in [2.45, 2.75) is 12.8 Å². The van der Waals surface area contributed by atoms with Gasteiger partial charge in [0, 0.05) is 25.1 Å². The number of ether oxygens (including phenoxy) is 1. The number of carbonyl (C=O) groups excluding carboxylic acids is 2. The van der Waals surface area contributed by atoms with Crippen LogP contribution in [0.4, 0.5) is 5.69 Å². The van der Waals surface area contributed by atoms with Crippen LogP contribution < -0.4 is 15.4 Å². The molecule has 2 heterocycles. The molecule has 18 heavy (non-hydrogen) atoms. The molecule has 5 heteroatoms. The molecule has 1 fully saturated rings. The molecule has 5 nitrogen and oxygen atoms in total. The van der Waals surface area contributed by atoms with E-state index in [1.54, 1.807) is 4.90 Å². The zero-order chi connectivity index (χ0) is 12.7. The van der Waals surface area contributed by atoms with Crippen LogP contribution in [-0.4, -0.2) is 25.0 Å². The number of nitrogens with two attached hydrogens (primary N) is 1. The van der Waals surface area contributed by atoms with E-state index in [0.29, 0.717) is 13.2 Å². The Hall–Kier alpha value is -2.04. The number of hydrogen-bond donors (Lipinski definition) is 1. The van der Waals surface area contributed by atoms with Gasteiger partial charge in [-0.25, -0.2) is 0 Å². The molecular weight excluding hydrogens is 232 g/mol. The van der Waals surface area contributed by atoms with E-state index in [1.165, 1.54) is 0 Å². The van der Waals surface area contributed by atoms with Gasteiger partial charge in [-0.05, 0) is 23.8 Å². The van der Waals surface area contributed by atoms with Crippen molar-refractivity contribution < 1.29 is 14.3 Å². The number of amides is 2. The summed E-state index contributed by atoms with van der Waals surface area (Å²) in [5.41, 5.74) is 7.19. The molecule has 1 aromatic rings. The van der Waals surface area contributed by atoms with Crippen molar-refractivity contribution in [1.82, 2.24) is 0 Å². The van der Waals surface area contributed by atoms with Crippen molar-refractivity contribution >= 4 is 17.5 Å². The number of benzene rings is 1. The summed E-state index contributed by atoms with van der Waals surface area (Å²) >= 11 is 0. The lowest BCUT2D eigenvalue weighted by atomic mass is 10.1. The van der Waals surface area contributed by atoms with Gasteiger partial charge in [0.2, 0.25) is 11.8 Å². The van der Waals surface area contributed by atoms with Crippen molar-refractivity contribution in [1.29, 1.82) is 0 Å². The van der Waals surface area contributed by atoms with Gasteiger partial charge in [-0.2, -0.15) is 0 Å². The van der Waals surface area contributed by atoms with Gasteiger partial charge in [0.1, 0.15) is 5.75 Å². The predicted molar refractivity (Wildman–Crippen MR) is 65.3 cm³/mol. The Morgan fingerprint density at radius 1 is 1.44 bits per heavy atom. The Bertz CT molecular complexity index is 527. The highest BCUT2D eigenvalue weighted by atomic mass is 16.5. The zero-order valence-electron chi connectivity index (χ0n) is 9.89. The third-order valence-corrected chi connectivity index (χ3v) is 3.51. The van der Waals surface area contributed by atoms with Crippen molar-refractivity contribution in [3.63, 3.8) is 0 Å². The normalized spacial score (nSPS) is 21.9. The van der Waals surface area contributed by atoms with Crippen LogP contribution in [0.25, 0.3) is 0 Å². The Kier molecular flexibility index (Phi) is 2.47. The van der Waals surface area contributed by atoms with Crippen molar-refractivity contribution in [2.75, 3.05) is 18.1 Å². The van der Waals surface area contributed by atoms with E-state index in [9.17, 15) is 9.59 Å². The number of hydrogen-bond acceptors (Lipinski definition) is 3. The first kappa shape index (κ1) is 11.1. The minimum Gasteiger partial charge on any atom is -0.493 e. The van der Waals surface area contributed by atoms with Gasteiger partial charge in [0.25, 0.3) is 0 Å². The van der Waals surface area contributed by atoms with Crippen LogP contribution in [0.5, 0.6) is 5.75 Å². The summed E-state index contributed by atoms with van der Waals surface area (Å²) in [5, 5.41) is 0. The molecule has 2 N–H and O–H groups in total. The van der Waals surface area contributed by atoms with Crippen molar-refractivity contribution in [2.24, 2.45) is 11.7 Å². The average Bonchev–Trinajstić information content (AvgIpc) is 2.93. The first-order chi connectivity index (χ1) is 8.65. The van der Waals surface area contributed by atoms with Crippen LogP contribution in [0.2, 0.25) is 0 Å². The quantitative estimate of drug-likeness (QED) is 0.824. The second kappa shape index (κ2) is 4.01. The fourth-order valence-corrected chi connectivity index (χ4v) is 2.49. The molecule has 1 atom stereocenters. The van der Waals surface area contributed by atoms with E-state index in [2.05, 4.69) is 0 Å². The number of primary amides is 1. The Balaban J connectivity index is 1.87. The minimum atomic E-state index is -0.407. The summed E-state index contributed by atoms with van der Waals surface area (Å²) in [6.45, 7) is 1.07. The van der Waals surface area contributed by atoms with Gasteiger partial charge < -0.3 is 15.4 Å². The molecule has 0 spiro atoms. The number of carbonyl (C=O) groups is 2. The van der Waals surface area contributed by atoms with E-state index >= 15 is 0 Å². The van der Waals surface area contributed by atoms with Crippen LogP contribution in [0.15, 0.2) is 18.2 Å². The molecule has 0 aromatic heterocycles. The van der Waals surface area contributed by atoms with Gasteiger partial charge in [0.15, 0.2) is 0 Å². The second-order valence-corrected chi connectivity index (χ2v) is 4.70. The molecule has 2 aliphatic rings. The molecule has 1 unspecified atom stereocenters. The van der Waals surface area contributed by atoms with E-state index < -0.39 is 5.91 Å². The molecule has 94 valence electrons. The SMILES string of the molecule is NC(=O)C1CC(=O)N(c2ccc3c(c2)CCO3)C1. The van der Waals surface area contributed by atoms with Crippen LogP contribution in [0.3, 0.4) is 0 Å². The van der Waals surface area contributed by atoms with Gasteiger partial charge >= 0.3 is 0 Å². The van der Waals surface area contributed by atoms with E-state index in [1.807, 2.05) is 18.2 Å². The highest BCUT2D eigenvalue weighted by Crippen LogP contribution is 2.32. The maximum absolute atomic E-state index is 11.9. The lowest BCUT2D eigenvalue weighted by Gasteiger charge is -2.17. The smallest absolute Gasteiger partial charge is 0.227 e. The summed E-state index contributed by atoms with van der Waals surface area (Å²) in [6.07, 6.45) is 1.08. The van der Waals surface area contributed by atoms with Crippen LogP contribution in [-0.2, 0) is 16.0 Å². The lowest BCUT2D eigenvalue weighted by Crippen LogP contribution is -2.28. The first-order valence-corrected chi connectivity index (χ1v) is 6.00. The van der Waals surface area contributed by atoms with E-state index in [-0.39, 0.29) is 18.2 Å². The molecule has 1 aromatic carbocycles. The Labute approximate surface area is 105 Å². The van der Waals surface area contributed by atoms with E-state index in [4.69, 9.17) is 10.5 Å². The molecule has 1 saturated heterocycles. The summed E-state index contributed by atoms with van der Waals surface area (Å²) in [6, 6.07) is 5.69. The standard InChI is InChI=1S/C13H14N2O3/c14-13(17)9-6-12(16)15(7-9)10-1-2-11-8(5-10)3-4-18-11/h1-2,5,9H,3-4,6-7H2,(H2,14,17). The second-order valence-electron chi connectivity index (χ2n) is 4.70. The Morgan fingerprint density at radius 2 is 2.28 bits per heavy atom. The van der Waals surface area contributed by atoms with E-state index in [0.717, 1.165) is 23.4 Å². The third-order valence-electron chi connectivity index (χ3n) is 3.51. The lowest BCUT2D eigenvalue weighted by molar-refractivity contribution is -0.123. The highest BCUT2D eigenvalue weighted by molar-refractivity contribution is 6.00. The zero-order valence-corrected chi connectivity index (χ0v) is 9.89. The predicted octanol–water partition coefficient (Wildman–Crippen LogP) is 0.460. The third kappa shape index (κ3) is 1.72. The fourth-order valence-electron chi connectivity index (χ4n) is 2.49. The molecule has 0 aliphatic carbocycles. The topological polar surface area (TPSA) is 72.6 Å². The maximum atomic E-state index is 11.9. The van der Waals surface area contributed by atoms with Gasteiger partial charge in [-0.1, -0.05) is 0 Å². The number of nitrogens with zero attached hydrogens (tertiary/aromatic N) is 1. The molecule has 0 radical (unpaired) electrons. The largest absolute Gasteiger partial charge is 0.493 e. The summed E-state index contributed by atoms with van der Waals surface area (Å²) in [4.78, 5) is 24.6.